The highest BCUT2D eigenvalue weighted by molar-refractivity contribution is 7.17. The molecule has 0 aliphatic rings. The summed E-state index contributed by atoms with van der Waals surface area (Å²) in [5.41, 5.74) is -0.800. The Morgan fingerprint density at radius 3 is 2.32 bits per heavy atom. The van der Waals surface area contributed by atoms with Crippen LogP contribution in [0.3, 0.4) is 0 Å². The number of alkyl halides is 3. The van der Waals surface area contributed by atoms with Crippen molar-refractivity contribution in [3.63, 3.8) is 0 Å². The second kappa shape index (κ2) is 6.87. The van der Waals surface area contributed by atoms with Gasteiger partial charge in [-0.2, -0.15) is 0 Å². The van der Waals surface area contributed by atoms with Crippen LogP contribution in [0.4, 0.5) is 13.2 Å². The van der Waals surface area contributed by atoms with Gasteiger partial charge in [0, 0.05) is 4.88 Å². The van der Waals surface area contributed by atoms with Crippen LogP contribution in [0.15, 0.2) is 30.3 Å². The van der Waals surface area contributed by atoms with Crippen molar-refractivity contribution in [2.24, 2.45) is 0 Å². The number of ether oxygens (including phenoxy) is 2. The van der Waals surface area contributed by atoms with E-state index in [9.17, 15) is 22.8 Å². The minimum atomic E-state index is -4.96. The van der Waals surface area contributed by atoms with Crippen molar-refractivity contribution in [3.05, 3.63) is 40.8 Å². The minimum Gasteiger partial charge on any atom is -0.456 e. The normalized spacial score (nSPS) is 11.9. The molecule has 1 aromatic carbocycles. The van der Waals surface area contributed by atoms with Crippen LogP contribution in [0, 0.1) is 0 Å². The smallest absolute Gasteiger partial charge is 0.456 e. The molecule has 25 heavy (non-hydrogen) atoms. The SMILES string of the molecule is CC(C)(C)OC(=O)c1ccc(-c2ccc(C=O)s2)cc1OC(F)(F)F. The van der Waals surface area contributed by atoms with E-state index in [4.69, 9.17) is 4.74 Å². The van der Waals surface area contributed by atoms with Gasteiger partial charge in [0.1, 0.15) is 16.9 Å². The number of carbonyl (C=O) groups excluding carboxylic acids is 2. The Labute approximate surface area is 146 Å². The summed E-state index contributed by atoms with van der Waals surface area (Å²) in [5.74, 6) is -1.57. The Morgan fingerprint density at radius 1 is 1.12 bits per heavy atom. The Hall–Kier alpha value is -2.35. The fourth-order valence-corrected chi connectivity index (χ4v) is 2.78. The highest BCUT2D eigenvalue weighted by Crippen LogP contribution is 2.35. The fraction of sp³-hybridized carbons (Fsp3) is 0.294. The number of benzene rings is 1. The van der Waals surface area contributed by atoms with Gasteiger partial charge in [-0.15, -0.1) is 24.5 Å². The van der Waals surface area contributed by atoms with Gasteiger partial charge in [0.15, 0.2) is 6.29 Å². The monoisotopic (exact) mass is 372 g/mol. The molecule has 1 aromatic heterocycles. The third-order valence-electron chi connectivity index (χ3n) is 2.85. The summed E-state index contributed by atoms with van der Waals surface area (Å²) in [6.07, 6.45) is -4.31. The lowest BCUT2D eigenvalue weighted by Gasteiger charge is -2.21. The van der Waals surface area contributed by atoms with Crippen LogP contribution in [0.25, 0.3) is 10.4 Å². The van der Waals surface area contributed by atoms with E-state index in [0.29, 0.717) is 21.6 Å². The highest BCUT2D eigenvalue weighted by atomic mass is 32.1. The number of hydrogen-bond donors (Lipinski definition) is 0. The molecule has 134 valence electrons. The van der Waals surface area contributed by atoms with Gasteiger partial charge in [-0.25, -0.2) is 4.79 Å². The first-order valence-corrected chi connectivity index (χ1v) is 7.99. The molecular formula is C17H15F3O4S. The molecule has 0 unspecified atom stereocenters. The first kappa shape index (κ1) is 19.0. The molecule has 0 saturated carbocycles. The number of hydrogen-bond acceptors (Lipinski definition) is 5. The molecule has 8 heteroatoms. The van der Waals surface area contributed by atoms with Crippen LogP contribution in [0.2, 0.25) is 0 Å². The van der Waals surface area contributed by atoms with E-state index in [1.54, 1.807) is 32.9 Å². The van der Waals surface area contributed by atoms with Crippen LogP contribution in [-0.2, 0) is 4.74 Å². The lowest BCUT2D eigenvalue weighted by atomic mass is 10.1. The fourth-order valence-electron chi connectivity index (χ4n) is 1.96. The summed E-state index contributed by atoms with van der Waals surface area (Å²) in [6, 6.07) is 6.95. The summed E-state index contributed by atoms with van der Waals surface area (Å²) >= 11 is 1.12. The van der Waals surface area contributed by atoms with Crippen LogP contribution < -0.4 is 4.74 Å². The second-order valence-electron chi connectivity index (χ2n) is 6.08. The molecule has 0 bridgehead atoms. The molecule has 2 aromatic rings. The van der Waals surface area contributed by atoms with Crippen molar-refractivity contribution < 1.29 is 32.2 Å². The van der Waals surface area contributed by atoms with E-state index in [2.05, 4.69) is 4.74 Å². The Bertz CT molecular complexity index is 788. The van der Waals surface area contributed by atoms with Gasteiger partial charge in [-0.05, 0) is 50.6 Å². The van der Waals surface area contributed by atoms with Gasteiger partial charge in [-0.3, -0.25) is 4.79 Å². The molecule has 0 atom stereocenters. The quantitative estimate of drug-likeness (QED) is 0.555. The summed E-state index contributed by atoms with van der Waals surface area (Å²) in [7, 11) is 0. The van der Waals surface area contributed by atoms with Crippen molar-refractivity contribution in [3.8, 4) is 16.2 Å². The highest BCUT2D eigenvalue weighted by Gasteiger charge is 2.34. The largest absolute Gasteiger partial charge is 0.573 e. The lowest BCUT2D eigenvalue weighted by molar-refractivity contribution is -0.274. The number of aldehydes is 1. The molecule has 0 aliphatic carbocycles. The average Bonchev–Trinajstić information content (AvgIpc) is 2.92. The first-order chi connectivity index (χ1) is 11.5. The molecule has 0 radical (unpaired) electrons. The minimum absolute atomic E-state index is 0.330. The third-order valence-corrected chi connectivity index (χ3v) is 3.91. The molecule has 0 N–H and O–H groups in total. The molecule has 4 nitrogen and oxygen atoms in total. The lowest BCUT2D eigenvalue weighted by Crippen LogP contribution is -2.25. The Morgan fingerprint density at radius 2 is 1.80 bits per heavy atom. The molecule has 0 spiro atoms. The van der Waals surface area contributed by atoms with E-state index in [1.165, 1.54) is 12.1 Å². The van der Waals surface area contributed by atoms with Gasteiger partial charge in [0.2, 0.25) is 0 Å². The van der Waals surface area contributed by atoms with E-state index in [0.717, 1.165) is 17.4 Å². The van der Waals surface area contributed by atoms with Gasteiger partial charge >= 0.3 is 12.3 Å². The summed E-state index contributed by atoms with van der Waals surface area (Å²) < 4.78 is 47.2. The molecule has 0 amide bonds. The van der Waals surface area contributed by atoms with Crippen molar-refractivity contribution in [2.45, 2.75) is 32.7 Å². The molecule has 0 aliphatic heterocycles. The second-order valence-corrected chi connectivity index (χ2v) is 7.20. The van der Waals surface area contributed by atoms with E-state index in [1.807, 2.05) is 0 Å². The van der Waals surface area contributed by atoms with E-state index < -0.39 is 23.7 Å². The van der Waals surface area contributed by atoms with Crippen molar-refractivity contribution in [1.29, 1.82) is 0 Å². The van der Waals surface area contributed by atoms with Gasteiger partial charge in [0.25, 0.3) is 0 Å². The predicted octanol–water partition coefficient (Wildman–Crippen LogP) is 5.08. The first-order valence-electron chi connectivity index (χ1n) is 7.17. The molecular weight excluding hydrogens is 357 g/mol. The third kappa shape index (κ3) is 5.32. The van der Waals surface area contributed by atoms with E-state index >= 15 is 0 Å². The molecule has 0 fully saturated rings. The van der Waals surface area contributed by atoms with E-state index in [-0.39, 0.29) is 5.56 Å². The van der Waals surface area contributed by atoms with Crippen LogP contribution in [0.5, 0.6) is 5.75 Å². The summed E-state index contributed by atoms with van der Waals surface area (Å²) in [4.78, 5) is 23.9. The van der Waals surface area contributed by atoms with Crippen molar-refractivity contribution in [1.82, 2.24) is 0 Å². The van der Waals surface area contributed by atoms with Crippen LogP contribution in [0.1, 0.15) is 40.8 Å². The zero-order valence-electron chi connectivity index (χ0n) is 13.6. The maximum atomic E-state index is 12.7. The maximum Gasteiger partial charge on any atom is 0.573 e. The zero-order valence-corrected chi connectivity index (χ0v) is 14.5. The van der Waals surface area contributed by atoms with Gasteiger partial charge in [-0.1, -0.05) is 6.07 Å². The number of rotatable bonds is 4. The topological polar surface area (TPSA) is 52.6 Å². The number of carbonyl (C=O) groups is 2. The predicted molar refractivity (Wildman–Crippen MR) is 87.0 cm³/mol. The van der Waals surface area contributed by atoms with Crippen molar-refractivity contribution in [2.75, 3.05) is 0 Å². The van der Waals surface area contributed by atoms with Crippen LogP contribution in [-0.4, -0.2) is 24.2 Å². The van der Waals surface area contributed by atoms with Gasteiger partial charge < -0.3 is 9.47 Å². The Balaban J connectivity index is 2.45. The number of esters is 1. The zero-order chi connectivity index (χ0) is 18.8. The van der Waals surface area contributed by atoms with Gasteiger partial charge in [0.05, 0.1) is 4.88 Å². The molecule has 0 saturated heterocycles. The summed E-state index contributed by atoms with van der Waals surface area (Å²) in [6.45, 7) is 4.82. The Kier molecular flexibility index (Phi) is 5.22. The standard InChI is InChI=1S/C17H15F3O4S/c1-16(2,3)24-15(22)12-6-4-10(8-13(12)23-17(18,19)20)14-7-5-11(9-21)25-14/h4-9H,1-3H3. The van der Waals surface area contributed by atoms with Crippen molar-refractivity contribution >= 4 is 23.6 Å². The molecule has 2 rings (SSSR count). The van der Waals surface area contributed by atoms with Crippen LogP contribution >= 0.6 is 11.3 Å². The molecule has 1 heterocycles. The number of thiophene rings is 1. The summed E-state index contributed by atoms with van der Waals surface area (Å²) in [5, 5.41) is 0. The maximum absolute atomic E-state index is 12.7. The number of halogens is 3. The average molecular weight is 372 g/mol.